The van der Waals surface area contributed by atoms with Gasteiger partial charge in [0.1, 0.15) is 0 Å². The highest BCUT2D eigenvalue weighted by atomic mass is 32.2. The Hall–Kier alpha value is -2.07. The zero-order valence-corrected chi connectivity index (χ0v) is 19.2. The Kier molecular flexibility index (Phi) is 6.06. The molecule has 1 aromatic carbocycles. The van der Waals surface area contributed by atoms with Crippen molar-refractivity contribution in [2.45, 2.75) is 25.2 Å². The van der Waals surface area contributed by atoms with Crippen LogP contribution in [-0.4, -0.2) is 36.7 Å². The lowest BCUT2D eigenvalue weighted by Gasteiger charge is -2.34. The first kappa shape index (κ1) is 21.2. The van der Waals surface area contributed by atoms with E-state index in [0.29, 0.717) is 35.6 Å². The number of benzene rings is 1. The van der Waals surface area contributed by atoms with Gasteiger partial charge in [0.25, 0.3) is 5.91 Å². The van der Waals surface area contributed by atoms with Gasteiger partial charge in [0.15, 0.2) is 5.13 Å². The summed E-state index contributed by atoms with van der Waals surface area (Å²) in [7, 11) is -3.56. The predicted octanol–water partition coefficient (Wildman–Crippen LogP) is 4.79. The van der Waals surface area contributed by atoms with Crippen molar-refractivity contribution in [2.75, 3.05) is 18.4 Å². The molecule has 0 spiro atoms. The third-order valence-electron chi connectivity index (χ3n) is 5.09. The molecule has 0 radical (unpaired) electrons. The third-order valence-corrected chi connectivity index (χ3v) is 8.58. The van der Waals surface area contributed by atoms with Crippen LogP contribution in [0.3, 0.4) is 0 Å². The molecule has 6 nitrogen and oxygen atoms in total. The van der Waals surface area contributed by atoms with Gasteiger partial charge in [0.2, 0.25) is 10.0 Å². The van der Waals surface area contributed by atoms with E-state index in [1.54, 1.807) is 27.8 Å². The highest BCUT2D eigenvalue weighted by Gasteiger charge is 2.31. The van der Waals surface area contributed by atoms with Gasteiger partial charge in [-0.05, 0) is 54.0 Å². The number of nitrogens with zero attached hydrogens (tertiary/aromatic N) is 2. The zero-order valence-electron chi connectivity index (χ0n) is 16.7. The lowest BCUT2D eigenvalue weighted by atomic mass is 9.94. The number of thiophene rings is 1. The number of piperidine rings is 1. The number of carbonyl (C=O) groups excluding carboxylic acids is 1. The SMILES string of the molecule is C[C@H]1C[C@H](C)CN(S(=O)(=O)c2ccc(C(=O)Nc3nc(-c4cccs4)cs3)cc2)C1. The maximum Gasteiger partial charge on any atom is 0.257 e. The van der Waals surface area contributed by atoms with Crippen LogP contribution < -0.4 is 5.32 Å². The van der Waals surface area contributed by atoms with E-state index in [0.717, 1.165) is 17.0 Å². The van der Waals surface area contributed by atoms with E-state index in [-0.39, 0.29) is 10.8 Å². The van der Waals surface area contributed by atoms with Gasteiger partial charge in [-0.2, -0.15) is 4.31 Å². The summed E-state index contributed by atoms with van der Waals surface area (Å²) in [4.78, 5) is 18.3. The molecule has 0 aliphatic carbocycles. The molecule has 2 atom stereocenters. The molecular weight excluding hydrogens is 438 g/mol. The number of rotatable bonds is 5. The summed E-state index contributed by atoms with van der Waals surface area (Å²) in [5.74, 6) is 0.364. The molecule has 2 aromatic heterocycles. The topological polar surface area (TPSA) is 79.4 Å². The van der Waals surface area contributed by atoms with E-state index in [2.05, 4.69) is 24.1 Å². The standard InChI is InChI=1S/C21H23N3O3S3/c1-14-10-15(2)12-24(11-14)30(26,27)17-7-5-16(6-8-17)20(25)23-21-22-18(13-29-21)19-4-3-9-28-19/h3-9,13-15H,10-12H2,1-2H3,(H,22,23,25)/t14-,15-/m0/s1. The minimum atomic E-state index is -3.56. The Balaban J connectivity index is 1.46. The fourth-order valence-corrected chi connectivity index (χ4v) is 6.91. The summed E-state index contributed by atoms with van der Waals surface area (Å²) < 4.78 is 27.5. The molecule has 1 aliphatic rings. The number of hydrogen-bond acceptors (Lipinski definition) is 6. The maximum atomic E-state index is 13.0. The van der Waals surface area contributed by atoms with Gasteiger partial charge in [0, 0.05) is 24.0 Å². The van der Waals surface area contributed by atoms with Crippen molar-refractivity contribution in [3.8, 4) is 10.6 Å². The summed E-state index contributed by atoms with van der Waals surface area (Å²) in [6, 6.07) is 10.0. The van der Waals surface area contributed by atoms with Gasteiger partial charge in [-0.1, -0.05) is 19.9 Å². The van der Waals surface area contributed by atoms with E-state index < -0.39 is 10.0 Å². The van der Waals surface area contributed by atoms with Crippen molar-refractivity contribution in [1.29, 1.82) is 0 Å². The highest BCUT2D eigenvalue weighted by molar-refractivity contribution is 7.89. The maximum absolute atomic E-state index is 13.0. The van der Waals surface area contributed by atoms with Crippen LogP contribution in [0.2, 0.25) is 0 Å². The highest BCUT2D eigenvalue weighted by Crippen LogP contribution is 2.29. The Morgan fingerprint density at radius 3 is 2.43 bits per heavy atom. The molecule has 4 rings (SSSR count). The Labute approximate surface area is 184 Å². The first-order valence-corrected chi connectivity index (χ1v) is 12.9. The van der Waals surface area contributed by atoms with Gasteiger partial charge >= 0.3 is 0 Å². The summed E-state index contributed by atoms with van der Waals surface area (Å²) in [5.41, 5.74) is 1.22. The molecular formula is C21H23N3O3S3. The summed E-state index contributed by atoms with van der Waals surface area (Å²) in [5, 5.41) is 7.18. The van der Waals surface area contributed by atoms with E-state index in [4.69, 9.17) is 0 Å². The molecule has 0 unspecified atom stereocenters. The summed E-state index contributed by atoms with van der Waals surface area (Å²) >= 11 is 2.95. The molecule has 1 amide bonds. The van der Waals surface area contributed by atoms with Crippen molar-refractivity contribution in [1.82, 2.24) is 9.29 Å². The van der Waals surface area contributed by atoms with Crippen LogP contribution in [0.1, 0.15) is 30.6 Å². The number of thiazole rings is 1. The van der Waals surface area contributed by atoms with Crippen LogP contribution in [-0.2, 0) is 10.0 Å². The zero-order chi connectivity index (χ0) is 21.3. The average Bonchev–Trinajstić information content (AvgIpc) is 3.39. The monoisotopic (exact) mass is 461 g/mol. The Bertz CT molecular complexity index is 1110. The Morgan fingerprint density at radius 1 is 1.10 bits per heavy atom. The first-order valence-electron chi connectivity index (χ1n) is 9.74. The third kappa shape index (κ3) is 4.49. The van der Waals surface area contributed by atoms with E-state index in [1.165, 1.54) is 23.5 Å². The van der Waals surface area contributed by atoms with Gasteiger partial charge < -0.3 is 0 Å². The van der Waals surface area contributed by atoms with E-state index in [1.807, 2.05) is 22.9 Å². The summed E-state index contributed by atoms with van der Waals surface area (Å²) in [6.07, 6.45) is 1.04. The average molecular weight is 462 g/mol. The van der Waals surface area contributed by atoms with Crippen LogP contribution in [0.25, 0.3) is 10.6 Å². The number of carbonyl (C=O) groups is 1. The number of aromatic nitrogens is 1. The van der Waals surface area contributed by atoms with Crippen LogP contribution in [0.5, 0.6) is 0 Å². The number of amides is 1. The van der Waals surface area contributed by atoms with Crippen LogP contribution in [0.15, 0.2) is 52.1 Å². The van der Waals surface area contributed by atoms with Gasteiger partial charge in [-0.3, -0.25) is 10.1 Å². The number of hydrogen-bond donors (Lipinski definition) is 1. The smallest absolute Gasteiger partial charge is 0.257 e. The van der Waals surface area contributed by atoms with Crippen molar-refractivity contribution < 1.29 is 13.2 Å². The molecule has 3 heterocycles. The van der Waals surface area contributed by atoms with Crippen molar-refractivity contribution in [3.05, 3.63) is 52.7 Å². The van der Waals surface area contributed by atoms with Crippen molar-refractivity contribution >= 4 is 43.7 Å². The van der Waals surface area contributed by atoms with Crippen LogP contribution >= 0.6 is 22.7 Å². The quantitative estimate of drug-likeness (QED) is 0.592. The second-order valence-electron chi connectivity index (χ2n) is 7.76. The molecule has 158 valence electrons. The second kappa shape index (κ2) is 8.58. The lowest BCUT2D eigenvalue weighted by molar-refractivity contribution is 0.102. The molecule has 30 heavy (non-hydrogen) atoms. The molecule has 1 saturated heterocycles. The number of sulfonamides is 1. The van der Waals surface area contributed by atoms with Crippen LogP contribution in [0, 0.1) is 11.8 Å². The molecule has 3 aromatic rings. The first-order chi connectivity index (χ1) is 14.3. The van der Waals surface area contributed by atoms with Crippen molar-refractivity contribution in [2.24, 2.45) is 11.8 Å². The van der Waals surface area contributed by atoms with E-state index >= 15 is 0 Å². The summed E-state index contributed by atoms with van der Waals surface area (Å²) in [6.45, 7) is 5.22. The molecule has 1 N–H and O–H groups in total. The normalized spacial score (nSPS) is 20.2. The minimum Gasteiger partial charge on any atom is -0.298 e. The lowest BCUT2D eigenvalue weighted by Crippen LogP contribution is -2.42. The fourth-order valence-electron chi connectivity index (χ4n) is 3.77. The molecule has 0 saturated carbocycles. The van der Waals surface area contributed by atoms with Gasteiger partial charge in [-0.15, -0.1) is 22.7 Å². The number of nitrogens with one attached hydrogen (secondary N) is 1. The van der Waals surface area contributed by atoms with Gasteiger partial charge in [0.05, 0.1) is 15.5 Å². The van der Waals surface area contributed by atoms with Crippen molar-refractivity contribution in [3.63, 3.8) is 0 Å². The second-order valence-corrected chi connectivity index (χ2v) is 11.5. The van der Waals surface area contributed by atoms with Crippen LogP contribution in [0.4, 0.5) is 5.13 Å². The largest absolute Gasteiger partial charge is 0.298 e. The molecule has 0 bridgehead atoms. The Morgan fingerprint density at radius 2 is 1.80 bits per heavy atom. The number of anilines is 1. The van der Waals surface area contributed by atoms with E-state index in [9.17, 15) is 13.2 Å². The fraction of sp³-hybridized carbons (Fsp3) is 0.333. The van der Waals surface area contributed by atoms with Gasteiger partial charge in [-0.25, -0.2) is 13.4 Å². The predicted molar refractivity (Wildman–Crippen MR) is 122 cm³/mol. The molecule has 1 aliphatic heterocycles. The minimum absolute atomic E-state index is 0.217. The molecule has 9 heteroatoms. The molecule has 1 fully saturated rings.